The predicted molar refractivity (Wildman–Crippen MR) is 77.8 cm³/mol. The number of likely N-dealkylation sites (N-methyl/N-ethyl adjacent to an activating group) is 1. The minimum Gasteiger partial charge on any atom is -0.354 e. The van der Waals surface area contributed by atoms with E-state index >= 15 is 0 Å². The standard InChI is InChI=1S/C14H23N5/c1-17-7-4-10-19(12-11-17)14-13(15-5-6-16-14)18-8-2-3-9-18/h5-6H,2-4,7-12H2,1H3. The predicted octanol–water partition coefficient (Wildman–Crippen LogP) is 1.22. The number of hydrogen-bond donors (Lipinski definition) is 0. The van der Waals surface area contributed by atoms with E-state index in [9.17, 15) is 0 Å². The highest BCUT2D eigenvalue weighted by atomic mass is 15.3. The van der Waals surface area contributed by atoms with E-state index in [4.69, 9.17) is 0 Å². The Morgan fingerprint density at radius 2 is 1.32 bits per heavy atom. The van der Waals surface area contributed by atoms with Crippen molar-refractivity contribution >= 4 is 11.6 Å². The summed E-state index contributed by atoms with van der Waals surface area (Å²) in [5.74, 6) is 2.17. The van der Waals surface area contributed by atoms with Crippen molar-refractivity contribution in [2.24, 2.45) is 0 Å². The van der Waals surface area contributed by atoms with Gasteiger partial charge in [0.1, 0.15) is 0 Å². The third-order valence-electron chi connectivity index (χ3n) is 4.08. The molecule has 104 valence electrons. The van der Waals surface area contributed by atoms with E-state index in [1.54, 1.807) is 0 Å². The molecule has 0 radical (unpaired) electrons. The van der Waals surface area contributed by atoms with Gasteiger partial charge >= 0.3 is 0 Å². The van der Waals surface area contributed by atoms with Crippen molar-refractivity contribution in [1.82, 2.24) is 14.9 Å². The normalized spacial score (nSPS) is 21.7. The van der Waals surface area contributed by atoms with Crippen molar-refractivity contribution in [3.8, 4) is 0 Å². The fraction of sp³-hybridized carbons (Fsp3) is 0.714. The molecular formula is C14H23N5. The average molecular weight is 261 g/mol. The molecule has 0 aliphatic carbocycles. The van der Waals surface area contributed by atoms with Crippen molar-refractivity contribution in [3.05, 3.63) is 12.4 Å². The van der Waals surface area contributed by atoms with Crippen molar-refractivity contribution < 1.29 is 0 Å². The molecule has 0 spiro atoms. The fourth-order valence-electron chi connectivity index (χ4n) is 2.96. The first-order valence-corrected chi connectivity index (χ1v) is 7.34. The molecule has 0 amide bonds. The molecule has 2 fully saturated rings. The zero-order valence-electron chi connectivity index (χ0n) is 11.8. The van der Waals surface area contributed by atoms with Crippen LogP contribution in [0.25, 0.3) is 0 Å². The van der Waals surface area contributed by atoms with E-state index in [1.165, 1.54) is 25.8 Å². The van der Waals surface area contributed by atoms with Gasteiger partial charge in [-0.3, -0.25) is 0 Å². The summed E-state index contributed by atoms with van der Waals surface area (Å²) in [6.07, 6.45) is 7.40. The fourth-order valence-corrected chi connectivity index (χ4v) is 2.96. The molecule has 0 saturated carbocycles. The number of hydrogen-bond acceptors (Lipinski definition) is 5. The first-order chi connectivity index (χ1) is 9.34. The molecule has 0 atom stereocenters. The smallest absolute Gasteiger partial charge is 0.172 e. The quantitative estimate of drug-likeness (QED) is 0.800. The summed E-state index contributed by atoms with van der Waals surface area (Å²) < 4.78 is 0. The molecule has 19 heavy (non-hydrogen) atoms. The highest BCUT2D eigenvalue weighted by Gasteiger charge is 2.22. The van der Waals surface area contributed by atoms with E-state index in [0.717, 1.165) is 44.4 Å². The van der Waals surface area contributed by atoms with Crippen LogP contribution >= 0.6 is 0 Å². The van der Waals surface area contributed by atoms with Gasteiger partial charge in [-0.05, 0) is 32.9 Å². The molecule has 5 nitrogen and oxygen atoms in total. The monoisotopic (exact) mass is 261 g/mol. The lowest BCUT2D eigenvalue weighted by Gasteiger charge is -2.27. The first kappa shape index (κ1) is 12.7. The zero-order valence-corrected chi connectivity index (χ0v) is 11.8. The molecule has 0 bridgehead atoms. The third kappa shape index (κ3) is 2.81. The molecule has 1 aromatic heterocycles. The van der Waals surface area contributed by atoms with Gasteiger partial charge in [0.25, 0.3) is 0 Å². The summed E-state index contributed by atoms with van der Waals surface area (Å²) in [6.45, 7) is 6.67. The Labute approximate surface area is 115 Å². The highest BCUT2D eigenvalue weighted by molar-refractivity contribution is 5.62. The van der Waals surface area contributed by atoms with Crippen molar-refractivity contribution in [2.75, 3.05) is 56.1 Å². The van der Waals surface area contributed by atoms with Crippen molar-refractivity contribution in [2.45, 2.75) is 19.3 Å². The molecule has 0 aromatic carbocycles. The molecular weight excluding hydrogens is 238 g/mol. The SMILES string of the molecule is CN1CCCN(c2nccnc2N2CCCC2)CC1. The number of anilines is 2. The second-order valence-electron chi connectivity index (χ2n) is 5.54. The number of rotatable bonds is 2. The molecule has 0 N–H and O–H groups in total. The van der Waals surface area contributed by atoms with Gasteiger partial charge in [0, 0.05) is 45.1 Å². The summed E-state index contributed by atoms with van der Waals surface area (Å²) in [4.78, 5) is 16.4. The Morgan fingerprint density at radius 1 is 0.737 bits per heavy atom. The summed E-state index contributed by atoms with van der Waals surface area (Å²) in [5.41, 5.74) is 0. The van der Waals surface area contributed by atoms with Crippen LogP contribution in [0.4, 0.5) is 11.6 Å². The van der Waals surface area contributed by atoms with Gasteiger partial charge in [0.2, 0.25) is 0 Å². The maximum atomic E-state index is 4.62. The van der Waals surface area contributed by atoms with Crippen molar-refractivity contribution in [3.63, 3.8) is 0 Å². The lowest BCUT2D eigenvalue weighted by molar-refractivity contribution is 0.360. The van der Waals surface area contributed by atoms with Crippen LogP contribution in [-0.2, 0) is 0 Å². The zero-order chi connectivity index (χ0) is 13.1. The Morgan fingerprint density at radius 3 is 2.00 bits per heavy atom. The summed E-state index contributed by atoms with van der Waals surface area (Å²) >= 11 is 0. The van der Waals surface area contributed by atoms with Gasteiger partial charge < -0.3 is 14.7 Å². The van der Waals surface area contributed by atoms with Crippen LogP contribution in [0.3, 0.4) is 0 Å². The topological polar surface area (TPSA) is 35.5 Å². The van der Waals surface area contributed by atoms with Crippen LogP contribution in [0, 0.1) is 0 Å². The summed E-state index contributed by atoms with van der Waals surface area (Å²) in [6, 6.07) is 0. The van der Waals surface area contributed by atoms with Gasteiger partial charge in [0.15, 0.2) is 11.6 Å². The van der Waals surface area contributed by atoms with Gasteiger partial charge in [0.05, 0.1) is 0 Å². The van der Waals surface area contributed by atoms with E-state index in [-0.39, 0.29) is 0 Å². The van der Waals surface area contributed by atoms with Crippen LogP contribution < -0.4 is 9.80 Å². The lowest BCUT2D eigenvalue weighted by Crippen LogP contribution is -2.32. The van der Waals surface area contributed by atoms with E-state index in [1.807, 2.05) is 12.4 Å². The molecule has 2 aliphatic heterocycles. The Hall–Kier alpha value is -1.36. The Bertz CT molecular complexity index is 416. The molecule has 3 rings (SSSR count). The average Bonchev–Trinajstić information content (AvgIpc) is 2.88. The van der Waals surface area contributed by atoms with Gasteiger partial charge in [-0.15, -0.1) is 0 Å². The Balaban J connectivity index is 1.82. The third-order valence-corrected chi connectivity index (χ3v) is 4.08. The minimum absolute atomic E-state index is 1.05. The largest absolute Gasteiger partial charge is 0.354 e. The maximum Gasteiger partial charge on any atom is 0.172 e. The number of nitrogens with zero attached hydrogens (tertiary/aromatic N) is 5. The first-order valence-electron chi connectivity index (χ1n) is 7.34. The molecule has 2 aliphatic rings. The molecule has 0 unspecified atom stereocenters. The second-order valence-corrected chi connectivity index (χ2v) is 5.54. The van der Waals surface area contributed by atoms with Crippen LogP contribution in [0.5, 0.6) is 0 Å². The maximum absolute atomic E-state index is 4.62. The lowest BCUT2D eigenvalue weighted by atomic mass is 10.3. The second kappa shape index (κ2) is 5.74. The number of aromatic nitrogens is 2. The van der Waals surface area contributed by atoms with E-state index < -0.39 is 0 Å². The van der Waals surface area contributed by atoms with Crippen LogP contribution in [-0.4, -0.2) is 61.2 Å². The molecule has 1 aromatic rings. The van der Waals surface area contributed by atoms with Gasteiger partial charge in [-0.1, -0.05) is 0 Å². The van der Waals surface area contributed by atoms with Crippen LogP contribution in [0.15, 0.2) is 12.4 Å². The van der Waals surface area contributed by atoms with Gasteiger partial charge in [-0.2, -0.15) is 0 Å². The van der Waals surface area contributed by atoms with Crippen molar-refractivity contribution in [1.29, 1.82) is 0 Å². The van der Waals surface area contributed by atoms with Gasteiger partial charge in [-0.25, -0.2) is 9.97 Å². The van der Waals surface area contributed by atoms with E-state index in [2.05, 4.69) is 31.7 Å². The minimum atomic E-state index is 1.05. The highest BCUT2D eigenvalue weighted by Crippen LogP contribution is 2.27. The molecule has 5 heteroatoms. The summed E-state index contributed by atoms with van der Waals surface area (Å²) in [5, 5.41) is 0. The molecule has 3 heterocycles. The molecule has 2 saturated heterocycles. The Kier molecular flexibility index (Phi) is 3.82. The summed E-state index contributed by atoms with van der Waals surface area (Å²) in [7, 11) is 2.20. The van der Waals surface area contributed by atoms with E-state index in [0.29, 0.717) is 0 Å². The van der Waals surface area contributed by atoms with Crippen LogP contribution in [0.2, 0.25) is 0 Å². The van der Waals surface area contributed by atoms with Crippen LogP contribution in [0.1, 0.15) is 19.3 Å².